The zero-order valence-electron chi connectivity index (χ0n) is 13.8. The van der Waals surface area contributed by atoms with Gasteiger partial charge in [-0.2, -0.15) is 0 Å². The van der Waals surface area contributed by atoms with Gasteiger partial charge in [-0.05, 0) is 18.9 Å². The SMILES string of the molecule is Clc1cnccc1N1CC(N2CCN(C3CCCCC3)CC2)C1. The van der Waals surface area contributed by atoms with Gasteiger partial charge in [0.15, 0.2) is 0 Å². The number of halogens is 1. The summed E-state index contributed by atoms with van der Waals surface area (Å²) in [6.45, 7) is 7.20. The van der Waals surface area contributed by atoms with Gasteiger partial charge in [-0.25, -0.2) is 0 Å². The van der Waals surface area contributed by atoms with Crippen LogP contribution in [-0.4, -0.2) is 66.1 Å². The second kappa shape index (κ2) is 6.96. The Balaban J connectivity index is 1.25. The van der Waals surface area contributed by atoms with Crippen molar-refractivity contribution in [2.45, 2.75) is 44.2 Å². The standard InChI is InChI=1S/C18H27ClN4/c19-17-12-20-7-6-18(17)23-13-16(14-23)22-10-8-21(9-11-22)15-4-2-1-3-5-15/h6-7,12,15-16H,1-5,8-11,13-14H2. The van der Waals surface area contributed by atoms with Crippen molar-refractivity contribution < 1.29 is 0 Å². The molecule has 0 bridgehead atoms. The van der Waals surface area contributed by atoms with Crippen LogP contribution in [0.1, 0.15) is 32.1 Å². The summed E-state index contributed by atoms with van der Waals surface area (Å²) in [4.78, 5) is 11.9. The summed E-state index contributed by atoms with van der Waals surface area (Å²) in [5, 5.41) is 0.771. The lowest BCUT2D eigenvalue weighted by atomic mass is 9.93. The molecular formula is C18H27ClN4. The third-order valence-corrected chi connectivity index (χ3v) is 6.20. The molecule has 3 heterocycles. The zero-order chi connectivity index (χ0) is 15.6. The maximum absolute atomic E-state index is 6.25. The highest BCUT2D eigenvalue weighted by Gasteiger charge is 2.35. The summed E-state index contributed by atoms with van der Waals surface area (Å²) in [6.07, 6.45) is 10.8. The summed E-state index contributed by atoms with van der Waals surface area (Å²) < 4.78 is 0. The highest BCUT2D eigenvalue weighted by molar-refractivity contribution is 6.33. The van der Waals surface area contributed by atoms with Crippen LogP contribution in [0.25, 0.3) is 0 Å². The molecule has 1 aromatic heterocycles. The van der Waals surface area contributed by atoms with Crippen LogP contribution < -0.4 is 4.90 Å². The van der Waals surface area contributed by atoms with Crippen molar-refractivity contribution in [1.29, 1.82) is 0 Å². The number of pyridine rings is 1. The van der Waals surface area contributed by atoms with Crippen molar-refractivity contribution in [1.82, 2.24) is 14.8 Å². The van der Waals surface area contributed by atoms with E-state index < -0.39 is 0 Å². The Morgan fingerprint density at radius 2 is 1.57 bits per heavy atom. The predicted molar refractivity (Wildman–Crippen MR) is 95.3 cm³/mol. The maximum Gasteiger partial charge on any atom is 0.0822 e. The maximum atomic E-state index is 6.25. The van der Waals surface area contributed by atoms with Gasteiger partial charge in [0.25, 0.3) is 0 Å². The molecule has 23 heavy (non-hydrogen) atoms. The average molecular weight is 335 g/mol. The molecule has 0 spiro atoms. The monoisotopic (exact) mass is 334 g/mol. The topological polar surface area (TPSA) is 22.6 Å². The van der Waals surface area contributed by atoms with E-state index in [9.17, 15) is 0 Å². The first-order valence-electron chi connectivity index (χ1n) is 9.14. The van der Waals surface area contributed by atoms with Crippen molar-refractivity contribution in [2.24, 2.45) is 0 Å². The number of piperazine rings is 1. The first-order chi connectivity index (χ1) is 11.3. The quantitative estimate of drug-likeness (QED) is 0.847. The summed E-state index contributed by atoms with van der Waals surface area (Å²) in [5.74, 6) is 0. The molecule has 2 saturated heterocycles. The van der Waals surface area contributed by atoms with Crippen molar-refractivity contribution in [3.8, 4) is 0 Å². The van der Waals surface area contributed by atoms with E-state index in [0.717, 1.165) is 29.8 Å². The van der Waals surface area contributed by atoms with E-state index in [-0.39, 0.29) is 0 Å². The van der Waals surface area contributed by atoms with Gasteiger partial charge in [-0.1, -0.05) is 30.9 Å². The lowest BCUT2D eigenvalue weighted by molar-refractivity contribution is 0.0488. The molecule has 2 aliphatic heterocycles. The van der Waals surface area contributed by atoms with Crippen LogP contribution in [0.4, 0.5) is 5.69 Å². The Morgan fingerprint density at radius 3 is 2.22 bits per heavy atom. The van der Waals surface area contributed by atoms with Crippen LogP contribution in [0, 0.1) is 0 Å². The van der Waals surface area contributed by atoms with Gasteiger partial charge in [0.2, 0.25) is 0 Å². The summed E-state index contributed by atoms with van der Waals surface area (Å²) >= 11 is 6.25. The number of rotatable bonds is 3. The molecule has 126 valence electrons. The van der Waals surface area contributed by atoms with Crippen molar-refractivity contribution in [2.75, 3.05) is 44.2 Å². The molecule has 0 amide bonds. The van der Waals surface area contributed by atoms with Crippen LogP contribution >= 0.6 is 11.6 Å². The lowest BCUT2D eigenvalue weighted by Gasteiger charge is -2.50. The minimum Gasteiger partial charge on any atom is -0.367 e. The average Bonchev–Trinajstić information content (AvgIpc) is 2.57. The molecule has 4 nitrogen and oxygen atoms in total. The fourth-order valence-electron chi connectivity index (χ4n) is 4.42. The fourth-order valence-corrected chi connectivity index (χ4v) is 4.66. The molecule has 0 aromatic carbocycles. The zero-order valence-corrected chi connectivity index (χ0v) is 14.6. The molecule has 0 radical (unpaired) electrons. The Kier molecular flexibility index (Phi) is 4.74. The van der Waals surface area contributed by atoms with Crippen LogP contribution in [0.15, 0.2) is 18.5 Å². The minimum absolute atomic E-state index is 0.702. The fraction of sp³-hybridized carbons (Fsp3) is 0.722. The van der Waals surface area contributed by atoms with Gasteiger partial charge in [0, 0.05) is 63.7 Å². The van der Waals surface area contributed by atoms with Gasteiger partial charge in [0.1, 0.15) is 0 Å². The van der Waals surface area contributed by atoms with Crippen molar-refractivity contribution in [3.63, 3.8) is 0 Å². The molecule has 3 fully saturated rings. The van der Waals surface area contributed by atoms with E-state index in [4.69, 9.17) is 11.6 Å². The third kappa shape index (κ3) is 3.35. The second-order valence-corrected chi connectivity index (χ2v) is 7.66. The summed E-state index contributed by atoms with van der Waals surface area (Å²) in [6, 6.07) is 3.60. The van der Waals surface area contributed by atoms with Crippen LogP contribution in [0.2, 0.25) is 5.02 Å². The highest BCUT2D eigenvalue weighted by Crippen LogP contribution is 2.30. The van der Waals surface area contributed by atoms with E-state index in [1.807, 2.05) is 12.3 Å². The molecule has 0 N–H and O–H groups in total. The highest BCUT2D eigenvalue weighted by atomic mass is 35.5. The van der Waals surface area contributed by atoms with Crippen molar-refractivity contribution in [3.05, 3.63) is 23.5 Å². The first kappa shape index (κ1) is 15.7. The van der Waals surface area contributed by atoms with Gasteiger partial charge < -0.3 is 4.90 Å². The smallest absolute Gasteiger partial charge is 0.0822 e. The van der Waals surface area contributed by atoms with Crippen molar-refractivity contribution >= 4 is 17.3 Å². The largest absolute Gasteiger partial charge is 0.367 e. The Labute approximate surface area is 144 Å². The van der Waals surface area contributed by atoms with Gasteiger partial charge in [0.05, 0.1) is 10.7 Å². The van der Waals surface area contributed by atoms with E-state index in [1.54, 1.807) is 6.20 Å². The second-order valence-electron chi connectivity index (χ2n) is 7.25. The lowest BCUT2D eigenvalue weighted by Crippen LogP contribution is -2.64. The molecule has 4 rings (SSSR count). The Hall–Kier alpha value is -0.840. The molecule has 0 atom stereocenters. The Morgan fingerprint density at radius 1 is 0.913 bits per heavy atom. The van der Waals surface area contributed by atoms with E-state index in [1.165, 1.54) is 58.3 Å². The van der Waals surface area contributed by atoms with Gasteiger partial charge in [-0.15, -0.1) is 0 Å². The molecule has 1 aromatic rings. The number of nitrogens with zero attached hydrogens (tertiary/aromatic N) is 4. The first-order valence-corrected chi connectivity index (χ1v) is 9.51. The van der Waals surface area contributed by atoms with Crippen LogP contribution in [-0.2, 0) is 0 Å². The minimum atomic E-state index is 0.702. The Bertz CT molecular complexity index is 518. The normalized spacial score (nSPS) is 25.5. The summed E-state index contributed by atoms with van der Waals surface area (Å²) in [5.41, 5.74) is 1.14. The third-order valence-electron chi connectivity index (χ3n) is 5.91. The van der Waals surface area contributed by atoms with Gasteiger partial charge >= 0.3 is 0 Å². The van der Waals surface area contributed by atoms with E-state index in [2.05, 4.69) is 19.7 Å². The van der Waals surface area contributed by atoms with E-state index in [0.29, 0.717) is 6.04 Å². The van der Waals surface area contributed by atoms with Crippen LogP contribution in [0.5, 0.6) is 0 Å². The molecule has 5 heteroatoms. The molecule has 0 unspecified atom stereocenters. The predicted octanol–water partition coefficient (Wildman–Crippen LogP) is 2.87. The number of hydrogen-bond acceptors (Lipinski definition) is 4. The molecule has 3 aliphatic rings. The van der Waals surface area contributed by atoms with Crippen LogP contribution in [0.3, 0.4) is 0 Å². The molecular weight excluding hydrogens is 308 g/mol. The van der Waals surface area contributed by atoms with E-state index >= 15 is 0 Å². The molecule has 1 saturated carbocycles. The number of hydrogen-bond donors (Lipinski definition) is 0. The van der Waals surface area contributed by atoms with Gasteiger partial charge in [-0.3, -0.25) is 14.8 Å². The summed E-state index contributed by atoms with van der Waals surface area (Å²) in [7, 11) is 0. The molecule has 1 aliphatic carbocycles. The number of anilines is 1. The number of aromatic nitrogens is 1.